The molecule has 2 aliphatic rings. The Bertz CT molecular complexity index is 784. The lowest BCUT2D eigenvalue weighted by Crippen LogP contribution is -2.41. The van der Waals surface area contributed by atoms with Crippen LogP contribution in [0.3, 0.4) is 0 Å². The fourth-order valence-corrected chi connectivity index (χ4v) is 5.36. The van der Waals surface area contributed by atoms with Crippen LogP contribution in [0.5, 0.6) is 0 Å². The summed E-state index contributed by atoms with van der Waals surface area (Å²) in [5.74, 6) is -1.08. The molecule has 8 nitrogen and oxygen atoms in total. The van der Waals surface area contributed by atoms with Gasteiger partial charge in [-0.05, 0) is 37.8 Å². The van der Waals surface area contributed by atoms with Gasteiger partial charge in [0.05, 0.1) is 5.92 Å². The maximum Gasteiger partial charge on any atom is 0.309 e. The van der Waals surface area contributed by atoms with Crippen LogP contribution in [-0.4, -0.2) is 55.3 Å². The van der Waals surface area contributed by atoms with Gasteiger partial charge < -0.3 is 10.1 Å². The molecule has 1 N–H and O–H groups in total. The van der Waals surface area contributed by atoms with Crippen molar-refractivity contribution < 1.29 is 22.7 Å². The summed E-state index contributed by atoms with van der Waals surface area (Å²) in [5.41, 5.74) is 0. The number of ether oxygens (including phenoxy) is 1. The summed E-state index contributed by atoms with van der Waals surface area (Å²) in [7, 11) is -3.60. The smallest absolute Gasteiger partial charge is 0.309 e. The molecule has 1 amide bonds. The first kappa shape index (κ1) is 21.7. The van der Waals surface area contributed by atoms with Crippen molar-refractivity contribution in [3.63, 3.8) is 0 Å². The minimum absolute atomic E-state index is 0.149. The summed E-state index contributed by atoms with van der Waals surface area (Å²) in [6.45, 7) is 0.208. The van der Waals surface area contributed by atoms with E-state index in [1.54, 1.807) is 6.07 Å². The van der Waals surface area contributed by atoms with Gasteiger partial charge in [-0.3, -0.25) is 14.6 Å². The first-order chi connectivity index (χ1) is 14.0. The van der Waals surface area contributed by atoms with Crippen LogP contribution in [0.25, 0.3) is 0 Å². The van der Waals surface area contributed by atoms with Gasteiger partial charge in [0.25, 0.3) is 5.91 Å². The van der Waals surface area contributed by atoms with Crippen LogP contribution in [0.2, 0.25) is 0 Å². The van der Waals surface area contributed by atoms with E-state index < -0.39 is 16.0 Å². The number of esters is 1. The number of nitrogens with one attached hydrogen (secondary N) is 1. The maximum absolute atomic E-state index is 12.6. The van der Waals surface area contributed by atoms with E-state index in [0.29, 0.717) is 12.8 Å². The summed E-state index contributed by atoms with van der Waals surface area (Å²) in [4.78, 5) is 28.4. The predicted octanol–water partition coefficient (Wildman–Crippen LogP) is 1.86. The number of carbonyl (C=O) groups is 2. The number of carbonyl (C=O) groups excluding carboxylic acids is 2. The first-order valence-corrected chi connectivity index (χ1v) is 11.8. The van der Waals surface area contributed by atoms with Gasteiger partial charge in [-0.25, -0.2) is 8.42 Å². The number of piperidine rings is 1. The van der Waals surface area contributed by atoms with Gasteiger partial charge in [0.15, 0.2) is 6.61 Å². The van der Waals surface area contributed by atoms with E-state index in [2.05, 4.69) is 10.3 Å². The Kier molecular flexibility index (Phi) is 7.60. The second-order valence-electron chi connectivity index (χ2n) is 7.73. The van der Waals surface area contributed by atoms with Crippen molar-refractivity contribution in [2.24, 2.45) is 5.92 Å². The molecule has 0 aromatic carbocycles. The summed E-state index contributed by atoms with van der Waals surface area (Å²) in [6, 6.07) is 3.26. The summed E-state index contributed by atoms with van der Waals surface area (Å²) < 4.78 is 31.8. The molecule has 1 aliphatic carbocycles. The van der Waals surface area contributed by atoms with Crippen LogP contribution >= 0.6 is 0 Å². The van der Waals surface area contributed by atoms with Gasteiger partial charge in [-0.2, -0.15) is 4.31 Å². The quantitative estimate of drug-likeness (QED) is 0.553. The molecular formula is C20H29N3O5S. The van der Waals surface area contributed by atoms with Crippen molar-refractivity contribution in [3.05, 3.63) is 24.5 Å². The topological polar surface area (TPSA) is 106 Å². The Morgan fingerprint density at radius 3 is 2.41 bits per heavy atom. The van der Waals surface area contributed by atoms with E-state index in [1.807, 2.05) is 0 Å². The van der Waals surface area contributed by atoms with Gasteiger partial charge in [-0.15, -0.1) is 0 Å². The molecule has 1 saturated heterocycles. The number of pyridine rings is 1. The summed E-state index contributed by atoms with van der Waals surface area (Å²) >= 11 is 0. The van der Waals surface area contributed by atoms with Crippen molar-refractivity contribution in [1.82, 2.24) is 14.6 Å². The molecule has 0 unspecified atom stereocenters. The van der Waals surface area contributed by atoms with Crippen molar-refractivity contribution in [1.29, 1.82) is 0 Å². The van der Waals surface area contributed by atoms with E-state index in [-0.39, 0.29) is 42.5 Å². The molecule has 160 valence electrons. The monoisotopic (exact) mass is 423 g/mol. The number of hydrogen-bond acceptors (Lipinski definition) is 6. The SMILES string of the molecule is O=C(COC(=O)C1CCN(S(=O)(=O)c2cccnc2)CC1)NC1CCCCCC1. The van der Waals surface area contributed by atoms with Crippen molar-refractivity contribution in [2.75, 3.05) is 19.7 Å². The lowest BCUT2D eigenvalue weighted by Gasteiger charge is -2.30. The standard InChI is InChI=1S/C20H29N3O5S/c24-19(22-17-6-3-1-2-4-7-17)15-28-20(25)16-9-12-23(13-10-16)29(26,27)18-8-5-11-21-14-18/h5,8,11,14,16-17H,1-4,6-7,9-10,12-13,15H2,(H,22,24). The van der Waals surface area contributed by atoms with Gasteiger partial charge in [0.1, 0.15) is 4.90 Å². The third-order valence-electron chi connectivity index (χ3n) is 5.63. The fraction of sp³-hybridized carbons (Fsp3) is 0.650. The lowest BCUT2D eigenvalue weighted by molar-refractivity contribution is -0.153. The van der Waals surface area contributed by atoms with Crippen LogP contribution in [0.15, 0.2) is 29.4 Å². The Hall–Kier alpha value is -2.00. The second kappa shape index (κ2) is 10.2. The molecule has 9 heteroatoms. The van der Waals surface area contributed by atoms with Crippen LogP contribution < -0.4 is 5.32 Å². The Balaban J connectivity index is 1.42. The van der Waals surface area contributed by atoms with E-state index in [1.165, 1.54) is 35.6 Å². The maximum atomic E-state index is 12.6. The fourth-order valence-electron chi connectivity index (χ4n) is 3.93. The van der Waals surface area contributed by atoms with Crippen LogP contribution in [0.4, 0.5) is 0 Å². The average Bonchev–Trinajstić information content (AvgIpc) is 3.01. The van der Waals surface area contributed by atoms with Gasteiger partial charge in [0, 0.05) is 31.5 Å². The van der Waals surface area contributed by atoms with Gasteiger partial charge >= 0.3 is 5.97 Å². The molecular weight excluding hydrogens is 394 g/mol. The van der Waals surface area contributed by atoms with E-state index in [4.69, 9.17) is 4.74 Å². The van der Waals surface area contributed by atoms with Crippen molar-refractivity contribution in [2.45, 2.75) is 62.3 Å². The number of hydrogen-bond donors (Lipinski definition) is 1. The zero-order chi connectivity index (χ0) is 20.7. The second-order valence-corrected chi connectivity index (χ2v) is 9.67. The summed E-state index contributed by atoms with van der Waals surface area (Å²) in [5, 5.41) is 2.95. The number of sulfonamides is 1. The van der Waals surface area contributed by atoms with Crippen molar-refractivity contribution >= 4 is 21.9 Å². The summed E-state index contributed by atoms with van der Waals surface area (Å²) in [6.07, 6.45) is 10.2. The van der Waals surface area contributed by atoms with Gasteiger partial charge in [0.2, 0.25) is 10.0 Å². The lowest BCUT2D eigenvalue weighted by atomic mass is 9.98. The zero-order valence-corrected chi connectivity index (χ0v) is 17.4. The molecule has 1 saturated carbocycles. The van der Waals surface area contributed by atoms with E-state index in [9.17, 15) is 18.0 Å². The minimum atomic E-state index is -3.60. The van der Waals surface area contributed by atoms with E-state index in [0.717, 1.165) is 25.7 Å². The molecule has 29 heavy (non-hydrogen) atoms. The number of amides is 1. The average molecular weight is 424 g/mol. The highest BCUT2D eigenvalue weighted by molar-refractivity contribution is 7.89. The highest BCUT2D eigenvalue weighted by atomic mass is 32.2. The number of nitrogens with zero attached hydrogens (tertiary/aromatic N) is 2. The Morgan fingerprint density at radius 1 is 1.10 bits per heavy atom. The van der Waals surface area contributed by atoms with Gasteiger partial charge in [-0.1, -0.05) is 25.7 Å². The highest BCUT2D eigenvalue weighted by Gasteiger charge is 2.33. The molecule has 0 atom stereocenters. The molecule has 0 bridgehead atoms. The Labute approximate surface area is 172 Å². The normalized spacial score (nSPS) is 20.0. The molecule has 2 heterocycles. The zero-order valence-electron chi connectivity index (χ0n) is 16.6. The molecule has 1 aromatic rings. The largest absolute Gasteiger partial charge is 0.455 e. The number of aromatic nitrogens is 1. The van der Waals surface area contributed by atoms with Crippen molar-refractivity contribution in [3.8, 4) is 0 Å². The predicted molar refractivity (Wildman–Crippen MR) is 106 cm³/mol. The third-order valence-corrected chi connectivity index (χ3v) is 7.51. The molecule has 2 fully saturated rings. The molecule has 1 aromatic heterocycles. The minimum Gasteiger partial charge on any atom is -0.455 e. The Morgan fingerprint density at radius 2 is 1.79 bits per heavy atom. The highest BCUT2D eigenvalue weighted by Crippen LogP contribution is 2.24. The molecule has 0 spiro atoms. The molecule has 3 rings (SSSR count). The molecule has 0 radical (unpaired) electrons. The first-order valence-electron chi connectivity index (χ1n) is 10.3. The van der Waals surface area contributed by atoms with Crippen LogP contribution in [0, 0.1) is 5.92 Å². The number of rotatable bonds is 6. The molecule has 1 aliphatic heterocycles. The third kappa shape index (κ3) is 5.99. The van der Waals surface area contributed by atoms with Crippen LogP contribution in [-0.2, 0) is 24.3 Å². The van der Waals surface area contributed by atoms with E-state index >= 15 is 0 Å². The van der Waals surface area contributed by atoms with Crippen LogP contribution in [0.1, 0.15) is 51.4 Å².